The lowest BCUT2D eigenvalue weighted by atomic mass is 9.78. The van der Waals surface area contributed by atoms with Crippen LogP contribution in [0.4, 0.5) is 0 Å². The summed E-state index contributed by atoms with van der Waals surface area (Å²) < 4.78 is 23.0. The first-order valence-corrected chi connectivity index (χ1v) is 16.5. The number of methoxy groups -OCH3 is 1. The molecule has 51 heavy (non-hydrogen) atoms. The first-order valence-electron chi connectivity index (χ1n) is 16.5. The van der Waals surface area contributed by atoms with E-state index >= 15 is 0 Å². The van der Waals surface area contributed by atoms with E-state index in [9.17, 15) is 44.4 Å². The first-order chi connectivity index (χ1) is 23.9. The number of carbonyl (C=O) groups excluding carboxylic acids is 5. The van der Waals surface area contributed by atoms with Crippen LogP contribution in [-0.4, -0.2) is 93.6 Å². The van der Waals surface area contributed by atoms with Gasteiger partial charge < -0.3 is 44.7 Å². The van der Waals surface area contributed by atoms with Crippen molar-refractivity contribution in [2.45, 2.75) is 78.7 Å². The number of hydrogen-bond donors (Lipinski definition) is 5. The Hall–Kier alpha value is -4.63. The van der Waals surface area contributed by atoms with Crippen LogP contribution in [0.5, 0.6) is 11.5 Å². The summed E-state index contributed by atoms with van der Waals surface area (Å²) >= 11 is 0. The molecule has 3 heterocycles. The molecular weight excluding hydrogens is 666 g/mol. The fourth-order valence-electron chi connectivity index (χ4n) is 6.70. The Kier molecular flexibility index (Phi) is 11.8. The molecule has 0 aromatic heterocycles. The van der Waals surface area contributed by atoms with E-state index in [1.807, 2.05) is 0 Å². The number of carbonyl (C=O) groups is 5. The van der Waals surface area contributed by atoms with Gasteiger partial charge in [-0.25, -0.2) is 0 Å². The second kappa shape index (κ2) is 15.3. The normalized spacial score (nSPS) is 31.7. The number of phenolic OH excluding ortho intramolecular Hbond substituents is 1. The van der Waals surface area contributed by atoms with Gasteiger partial charge in [0.15, 0.2) is 5.78 Å². The number of phenols is 1. The Labute approximate surface area is 295 Å². The van der Waals surface area contributed by atoms with E-state index in [1.54, 1.807) is 33.8 Å². The number of aromatic hydroxyl groups is 1. The second-order valence-electron chi connectivity index (χ2n) is 13.4. The molecule has 1 aliphatic carbocycles. The van der Waals surface area contributed by atoms with Crippen molar-refractivity contribution in [1.29, 1.82) is 0 Å². The maximum atomic E-state index is 13.9. The average molecular weight is 712 g/mol. The third-order valence-corrected chi connectivity index (χ3v) is 9.86. The zero-order chi connectivity index (χ0) is 38.1. The van der Waals surface area contributed by atoms with Gasteiger partial charge in [-0.15, -0.1) is 0 Å². The number of hydrogen-bond acceptors (Lipinski definition) is 13. The van der Waals surface area contributed by atoms with E-state index in [1.165, 1.54) is 46.1 Å². The predicted molar refractivity (Wildman–Crippen MR) is 181 cm³/mol. The van der Waals surface area contributed by atoms with Crippen LogP contribution in [0.15, 0.2) is 47.9 Å². The topological polar surface area (TPSA) is 215 Å². The largest absolute Gasteiger partial charge is 0.507 e. The molecule has 5 rings (SSSR count). The zero-order valence-corrected chi connectivity index (χ0v) is 29.8. The van der Waals surface area contributed by atoms with Crippen molar-refractivity contribution in [3.8, 4) is 11.5 Å². The molecule has 5 N–H and O–H groups in total. The lowest BCUT2D eigenvalue weighted by Gasteiger charge is -2.38. The van der Waals surface area contributed by atoms with Crippen molar-refractivity contribution in [2.75, 3.05) is 13.7 Å². The number of esters is 1. The zero-order valence-electron chi connectivity index (χ0n) is 29.8. The highest BCUT2D eigenvalue weighted by atomic mass is 16.7. The van der Waals surface area contributed by atoms with Crippen LogP contribution in [-0.2, 0) is 23.8 Å². The molecule has 14 nitrogen and oxygen atoms in total. The third-order valence-electron chi connectivity index (χ3n) is 9.86. The van der Waals surface area contributed by atoms with Crippen molar-refractivity contribution < 1.29 is 63.3 Å². The van der Waals surface area contributed by atoms with Crippen molar-refractivity contribution in [3.63, 3.8) is 0 Å². The molecule has 0 spiro atoms. The number of allylic oxidation sites excluding steroid dienone is 4. The van der Waals surface area contributed by atoms with Crippen LogP contribution in [0.25, 0.3) is 0 Å². The third kappa shape index (κ3) is 7.40. The van der Waals surface area contributed by atoms with Gasteiger partial charge in [0, 0.05) is 61.8 Å². The van der Waals surface area contributed by atoms with E-state index in [2.05, 4.69) is 5.32 Å². The molecule has 5 bridgehead atoms. The molecule has 0 saturated carbocycles. The number of ether oxygens (including phenoxy) is 4. The Balaban J connectivity index is 1.85. The van der Waals surface area contributed by atoms with Crippen molar-refractivity contribution in [1.82, 2.24) is 5.32 Å². The Morgan fingerprint density at radius 1 is 0.980 bits per heavy atom. The summed E-state index contributed by atoms with van der Waals surface area (Å²) in [6.45, 7) is 9.87. The lowest BCUT2D eigenvalue weighted by Crippen LogP contribution is -2.46. The number of fused-ring (bicyclic) bond motifs is 14. The first kappa shape index (κ1) is 39.2. The molecule has 1 aromatic rings. The standard InChI is InChI=1S/C37H45NO13/c1-16-10-9-11-22(15-39)36(47)38-23-14-24(41)26-27(32(23)45)31(44)20(5)34-28(26)35(46)37(7,51-34)49-13-12-25(48-8)17(2)33(50-21(6)40)19(4)30(43)18(3)29(16)42/h9-14,16-19,25,29-30,33,39,42-44H,15H2,1-8H3,(H,38,47)/t16-,17+,18+,19+,25-,29+,30+,33-,37+/m0/s1. The summed E-state index contributed by atoms with van der Waals surface area (Å²) in [6.07, 6.45) is 3.65. The maximum absolute atomic E-state index is 13.9. The smallest absolute Gasteiger partial charge is 0.312 e. The molecule has 1 amide bonds. The number of benzene rings is 1. The molecule has 3 aliphatic heterocycles. The van der Waals surface area contributed by atoms with Gasteiger partial charge in [0.25, 0.3) is 11.7 Å². The molecule has 276 valence electrons. The maximum Gasteiger partial charge on any atom is 0.312 e. The highest BCUT2D eigenvalue weighted by molar-refractivity contribution is 6.30. The number of ketones is 3. The molecule has 0 radical (unpaired) electrons. The monoisotopic (exact) mass is 711 g/mol. The van der Waals surface area contributed by atoms with Gasteiger partial charge in [0.1, 0.15) is 17.6 Å². The van der Waals surface area contributed by atoms with Gasteiger partial charge in [-0.3, -0.25) is 24.0 Å². The molecule has 0 saturated heterocycles. The van der Waals surface area contributed by atoms with Crippen LogP contribution in [0.1, 0.15) is 78.2 Å². The van der Waals surface area contributed by atoms with E-state index in [0.29, 0.717) is 0 Å². The summed E-state index contributed by atoms with van der Waals surface area (Å²) in [4.78, 5) is 66.3. The summed E-state index contributed by atoms with van der Waals surface area (Å²) in [5.74, 6) is -9.68. The molecule has 0 unspecified atom stereocenters. The fourth-order valence-corrected chi connectivity index (χ4v) is 6.70. The van der Waals surface area contributed by atoms with Gasteiger partial charge in [-0.2, -0.15) is 0 Å². The average Bonchev–Trinajstić information content (AvgIpc) is 3.35. The predicted octanol–water partition coefficient (Wildman–Crippen LogP) is 2.60. The van der Waals surface area contributed by atoms with Crippen molar-refractivity contribution in [2.24, 2.45) is 23.7 Å². The SMILES string of the molecule is CO[C@H]1C=CO[C@]2(C)Oc3c(C)c(O)c4c(c3C2=O)C(=O)C=C(NC(=O)C(CO)=CC=C[C@H](C)[C@@H](O)[C@@H](C)[C@@H](O)[C@@H](C)[C@@H](OC(C)=O)[C@@H]1C)C4=O. The summed E-state index contributed by atoms with van der Waals surface area (Å²) in [5, 5.41) is 45.9. The number of aliphatic hydroxyl groups excluding tert-OH is 3. The summed E-state index contributed by atoms with van der Waals surface area (Å²) in [7, 11) is 1.41. The molecule has 9 atom stereocenters. The van der Waals surface area contributed by atoms with Crippen molar-refractivity contribution >= 4 is 29.2 Å². The van der Waals surface area contributed by atoms with Crippen LogP contribution >= 0.6 is 0 Å². The van der Waals surface area contributed by atoms with Gasteiger partial charge in [0.2, 0.25) is 5.78 Å². The molecular formula is C37H45NO13. The minimum Gasteiger partial charge on any atom is -0.507 e. The van der Waals surface area contributed by atoms with E-state index in [0.717, 1.165) is 12.3 Å². The van der Waals surface area contributed by atoms with Gasteiger partial charge in [-0.05, 0) is 13.0 Å². The lowest BCUT2D eigenvalue weighted by molar-refractivity contribution is -0.160. The number of rotatable bonds is 3. The fraction of sp³-hybridized carbons (Fsp3) is 0.486. The van der Waals surface area contributed by atoms with Crippen LogP contribution in [0, 0.1) is 30.6 Å². The minimum atomic E-state index is -2.06. The quantitative estimate of drug-likeness (QED) is 0.286. The molecule has 1 aromatic carbocycles. The Morgan fingerprint density at radius 2 is 1.65 bits per heavy atom. The van der Waals surface area contributed by atoms with E-state index in [-0.39, 0.29) is 22.4 Å². The molecule has 14 heteroatoms. The van der Waals surface area contributed by atoms with Gasteiger partial charge >= 0.3 is 11.8 Å². The second-order valence-corrected chi connectivity index (χ2v) is 13.4. The van der Waals surface area contributed by atoms with Crippen LogP contribution in [0.2, 0.25) is 0 Å². The Bertz CT molecular complexity index is 1740. The van der Waals surface area contributed by atoms with Gasteiger partial charge in [-0.1, -0.05) is 45.9 Å². The minimum absolute atomic E-state index is 0.0283. The number of aliphatic hydroxyl groups is 3. The number of amides is 1. The number of nitrogens with one attached hydrogen (secondary N) is 1. The van der Waals surface area contributed by atoms with Crippen molar-refractivity contribution in [3.05, 3.63) is 70.2 Å². The summed E-state index contributed by atoms with van der Waals surface area (Å²) in [6, 6.07) is 0. The Morgan fingerprint density at radius 3 is 2.25 bits per heavy atom. The molecule has 0 fully saturated rings. The van der Waals surface area contributed by atoms with E-state index in [4.69, 9.17) is 18.9 Å². The molecule has 4 aliphatic rings. The van der Waals surface area contributed by atoms with Gasteiger partial charge in [0.05, 0.1) is 53.6 Å². The van der Waals surface area contributed by atoms with Crippen LogP contribution in [0.3, 0.4) is 0 Å². The number of Topliss-reactive ketones (excluding diaryl/α,β-unsaturated/α-hetero) is 2. The van der Waals surface area contributed by atoms with Crippen LogP contribution < -0.4 is 10.1 Å². The highest BCUT2D eigenvalue weighted by Crippen LogP contribution is 2.47. The highest BCUT2D eigenvalue weighted by Gasteiger charge is 2.51. The van der Waals surface area contributed by atoms with E-state index < -0.39 is 112 Å². The summed E-state index contributed by atoms with van der Waals surface area (Å²) in [5.41, 5.74) is -1.94.